The van der Waals surface area contributed by atoms with Gasteiger partial charge in [-0.05, 0) is 25.7 Å². The molecule has 2 heterocycles. The standard InChI is InChI=1S/C9H14BrN3S/c10-5-4-8-3-1-2-6-13(8)9-12-11-7-14-9/h7-8H,1-6H2. The molecular formula is C9H14BrN3S. The number of nitrogens with zero attached hydrogens (tertiary/aromatic N) is 3. The number of piperidine rings is 1. The van der Waals surface area contributed by atoms with Crippen molar-refractivity contribution in [1.82, 2.24) is 10.2 Å². The Morgan fingerprint density at radius 3 is 3.21 bits per heavy atom. The average Bonchev–Trinajstić information content (AvgIpc) is 2.72. The van der Waals surface area contributed by atoms with Gasteiger partial charge in [-0.2, -0.15) is 0 Å². The van der Waals surface area contributed by atoms with Gasteiger partial charge in [0.15, 0.2) is 0 Å². The highest BCUT2D eigenvalue weighted by Crippen LogP contribution is 2.27. The van der Waals surface area contributed by atoms with E-state index in [4.69, 9.17) is 0 Å². The fourth-order valence-electron chi connectivity index (χ4n) is 1.97. The first-order chi connectivity index (χ1) is 6.92. The van der Waals surface area contributed by atoms with Gasteiger partial charge in [0, 0.05) is 17.9 Å². The molecule has 1 aliphatic rings. The Bertz CT molecular complexity index is 263. The van der Waals surface area contributed by atoms with Gasteiger partial charge in [0.25, 0.3) is 0 Å². The normalized spacial score (nSPS) is 22.6. The number of halogens is 1. The summed E-state index contributed by atoms with van der Waals surface area (Å²) in [7, 11) is 0. The Morgan fingerprint density at radius 2 is 2.50 bits per heavy atom. The van der Waals surface area contributed by atoms with Crippen LogP contribution in [0.5, 0.6) is 0 Å². The molecule has 0 amide bonds. The second kappa shape index (κ2) is 5.07. The Kier molecular flexibility index (Phi) is 3.75. The Morgan fingerprint density at radius 1 is 1.57 bits per heavy atom. The molecule has 0 spiro atoms. The smallest absolute Gasteiger partial charge is 0.208 e. The largest absolute Gasteiger partial charge is 0.344 e. The van der Waals surface area contributed by atoms with Gasteiger partial charge in [0.05, 0.1) is 0 Å². The van der Waals surface area contributed by atoms with Gasteiger partial charge in [0.1, 0.15) is 5.51 Å². The molecule has 5 heteroatoms. The highest BCUT2D eigenvalue weighted by molar-refractivity contribution is 9.09. The lowest BCUT2D eigenvalue weighted by Crippen LogP contribution is -2.39. The molecule has 1 unspecified atom stereocenters. The van der Waals surface area contributed by atoms with Crippen molar-refractivity contribution in [2.75, 3.05) is 16.8 Å². The number of rotatable bonds is 3. The Labute approximate surface area is 96.7 Å². The van der Waals surface area contributed by atoms with Crippen LogP contribution in [0.25, 0.3) is 0 Å². The van der Waals surface area contributed by atoms with Crippen LogP contribution in [0.2, 0.25) is 0 Å². The number of alkyl halides is 1. The zero-order valence-corrected chi connectivity index (χ0v) is 10.4. The third kappa shape index (κ3) is 2.25. The molecular weight excluding hydrogens is 262 g/mol. The van der Waals surface area contributed by atoms with Gasteiger partial charge < -0.3 is 4.90 Å². The zero-order chi connectivity index (χ0) is 9.80. The molecule has 1 saturated heterocycles. The molecule has 1 aromatic rings. The summed E-state index contributed by atoms with van der Waals surface area (Å²) in [4.78, 5) is 2.42. The summed E-state index contributed by atoms with van der Waals surface area (Å²) in [6, 6.07) is 0.663. The topological polar surface area (TPSA) is 29.0 Å². The number of anilines is 1. The summed E-state index contributed by atoms with van der Waals surface area (Å²) in [5, 5.41) is 10.2. The van der Waals surface area contributed by atoms with Crippen molar-refractivity contribution in [1.29, 1.82) is 0 Å². The summed E-state index contributed by atoms with van der Waals surface area (Å²) in [6.07, 6.45) is 5.15. The first kappa shape index (κ1) is 10.4. The van der Waals surface area contributed by atoms with E-state index >= 15 is 0 Å². The zero-order valence-electron chi connectivity index (χ0n) is 8.03. The average molecular weight is 276 g/mol. The molecule has 1 fully saturated rings. The highest BCUT2D eigenvalue weighted by atomic mass is 79.9. The van der Waals surface area contributed by atoms with E-state index in [-0.39, 0.29) is 0 Å². The molecule has 1 aromatic heterocycles. The van der Waals surface area contributed by atoms with E-state index in [1.165, 1.54) is 25.7 Å². The van der Waals surface area contributed by atoms with Crippen LogP contribution in [0.1, 0.15) is 25.7 Å². The van der Waals surface area contributed by atoms with Crippen LogP contribution in [0.3, 0.4) is 0 Å². The highest BCUT2D eigenvalue weighted by Gasteiger charge is 2.23. The molecule has 0 aromatic carbocycles. The molecule has 0 N–H and O–H groups in total. The third-order valence-corrected chi connectivity index (χ3v) is 3.85. The number of hydrogen-bond donors (Lipinski definition) is 0. The summed E-state index contributed by atoms with van der Waals surface area (Å²) in [6.45, 7) is 1.15. The Balaban J connectivity index is 2.06. The summed E-state index contributed by atoms with van der Waals surface area (Å²) >= 11 is 5.16. The molecule has 14 heavy (non-hydrogen) atoms. The van der Waals surface area contributed by atoms with Gasteiger partial charge in [-0.25, -0.2) is 0 Å². The van der Waals surface area contributed by atoms with Crippen LogP contribution in [0, 0.1) is 0 Å². The molecule has 1 atom stereocenters. The molecule has 0 radical (unpaired) electrons. The fourth-order valence-corrected chi connectivity index (χ4v) is 3.16. The predicted molar refractivity (Wildman–Crippen MR) is 63.3 cm³/mol. The van der Waals surface area contributed by atoms with Gasteiger partial charge in [-0.15, -0.1) is 10.2 Å². The van der Waals surface area contributed by atoms with Crippen LogP contribution < -0.4 is 4.90 Å². The van der Waals surface area contributed by atoms with Crippen molar-refractivity contribution in [2.24, 2.45) is 0 Å². The quantitative estimate of drug-likeness (QED) is 0.795. The van der Waals surface area contributed by atoms with E-state index in [2.05, 4.69) is 31.0 Å². The van der Waals surface area contributed by atoms with Crippen molar-refractivity contribution in [2.45, 2.75) is 31.7 Å². The first-order valence-corrected chi connectivity index (χ1v) is 7.00. The maximum atomic E-state index is 4.15. The summed E-state index contributed by atoms with van der Waals surface area (Å²) in [5.41, 5.74) is 1.81. The Hall–Kier alpha value is -0.160. The molecule has 2 rings (SSSR count). The minimum atomic E-state index is 0.663. The first-order valence-electron chi connectivity index (χ1n) is 5.00. The molecule has 1 aliphatic heterocycles. The fraction of sp³-hybridized carbons (Fsp3) is 0.778. The molecule has 0 aliphatic carbocycles. The van der Waals surface area contributed by atoms with Crippen molar-refractivity contribution >= 4 is 32.4 Å². The van der Waals surface area contributed by atoms with Crippen molar-refractivity contribution in [3.63, 3.8) is 0 Å². The second-order valence-electron chi connectivity index (χ2n) is 3.54. The molecule has 0 bridgehead atoms. The second-order valence-corrected chi connectivity index (χ2v) is 5.15. The number of hydrogen-bond acceptors (Lipinski definition) is 4. The van der Waals surface area contributed by atoms with Gasteiger partial charge >= 0.3 is 0 Å². The lowest BCUT2D eigenvalue weighted by atomic mass is 10.0. The molecule has 78 valence electrons. The monoisotopic (exact) mass is 275 g/mol. The lowest BCUT2D eigenvalue weighted by molar-refractivity contribution is 0.451. The van der Waals surface area contributed by atoms with Gasteiger partial charge in [0.2, 0.25) is 5.13 Å². The van der Waals surface area contributed by atoms with Crippen LogP contribution in [-0.4, -0.2) is 28.1 Å². The van der Waals surface area contributed by atoms with Crippen LogP contribution in [0.15, 0.2) is 5.51 Å². The SMILES string of the molecule is BrCCC1CCCCN1c1nncs1. The number of aromatic nitrogens is 2. The van der Waals surface area contributed by atoms with Crippen molar-refractivity contribution in [3.8, 4) is 0 Å². The third-order valence-electron chi connectivity index (χ3n) is 2.66. The van der Waals surface area contributed by atoms with Crippen LogP contribution >= 0.6 is 27.3 Å². The molecule has 0 saturated carbocycles. The van der Waals surface area contributed by atoms with E-state index in [1.54, 1.807) is 11.3 Å². The maximum absolute atomic E-state index is 4.15. The van der Waals surface area contributed by atoms with Gasteiger partial charge in [-0.1, -0.05) is 27.3 Å². The summed E-state index contributed by atoms with van der Waals surface area (Å²) < 4.78 is 0. The minimum absolute atomic E-state index is 0.663. The van der Waals surface area contributed by atoms with Crippen molar-refractivity contribution < 1.29 is 0 Å². The van der Waals surface area contributed by atoms with E-state index in [9.17, 15) is 0 Å². The maximum Gasteiger partial charge on any atom is 0.208 e. The van der Waals surface area contributed by atoms with E-state index in [1.807, 2.05) is 5.51 Å². The van der Waals surface area contributed by atoms with Gasteiger partial charge in [-0.3, -0.25) is 0 Å². The van der Waals surface area contributed by atoms with E-state index < -0.39 is 0 Å². The summed E-state index contributed by atoms with van der Waals surface area (Å²) in [5.74, 6) is 0. The van der Waals surface area contributed by atoms with Crippen molar-refractivity contribution in [3.05, 3.63) is 5.51 Å². The molecule has 3 nitrogen and oxygen atoms in total. The lowest BCUT2D eigenvalue weighted by Gasteiger charge is -2.34. The van der Waals surface area contributed by atoms with Crippen LogP contribution in [-0.2, 0) is 0 Å². The van der Waals surface area contributed by atoms with Crippen LogP contribution in [0.4, 0.5) is 5.13 Å². The van der Waals surface area contributed by atoms with E-state index in [0.717, 1.165) is 17.0 Å². The predicted octanol–water partition coefficient (Wildman–Crippen LogP) is 2.68. The minimum Gasteiger partial charge on any atom is -0.344 e. The van der Waals surface area contributed by atoms with E-state index in [0.29, 0.717) is 6.04 Å².